The van der Waals surface area contributed by atoms with E-state index in [1.165, 1.54) is 0 Å². The summed E-state index contributed by atoms with van der Waals surface area (Å²) in [4.78, 5) is 13.8. The van der Waals surface area contributed by atoms with E-state index in [1.807, 2.05) is 35.2 Å². The van der Waals surface area contributed by atoms with Crippen molar-refractivity contribution in [2.24, 2.45) is 11.8 Å². The number of carbonyl (C=O) groups excluding carboxylic acids is 1. The first kappa shape index (κ1) is 13.6. The van der Waals surface area contributed by atoms with E-state index in [9.17, 15) is 10.1 Å². The van der Waals surface area contributed by atoms with Gasteiger partial charge in [-0.05, 0) is 17.4 Å². The van der Waals surface area contributed by atoms with Gasteiger partial charge in [0.25, 0.3) is 0 Å². The molecule has 19 heavy (non-hydrogen) atoms. The second-order valence-electron chi connectivity index (χ2n) is 5.60. The summed E-state index contributed by atoms with van der Waals surface area (Å²) in [6, 6.07) is 12.0. The van der Waals surface area contributed by atoms with Crippen molar-refractivity contribution in [1.29, 1.82) is 5.26 Å². The molecule has 3 nitrogen and oxygen atoms in total. The van der Waals surface area contributed by atoms with E-state index < -0.39 is 0 Å². The third kappa shape index (κ3) is 3.14. The van der Waals surface area contributed by atoms with Gasteiger partial charge in [0.1, 0.15) is 0 Å². The van der Waals surface area contributed by atoms with E-state index in [1.54, 1.807) is 0 Å². The number of nitrogens with zero attached hydrogens (tertiary/aromatic N) is 2. The summed E-state index contributed by atoms with van der Waals surface area (Å²) in [6.07, 6.45) is 0.630. The normalized spacial score (nSPS) is 20.6. The number of amides is 1. The summed E-state index contributed by atoms with van der Waals surface area (Å²) in [7, 11) is 0. The van der Waals surface area contributed by atoms with Crippen LogP contribution in [0.5, 0.6) is 0 Å². The number of likely N-dealkylation sites (tertiary alicyclic amines) is 1. The fraction of sp³-hybridized carbons (Fsp3) is 0.500. The lowest BCUT2D eigenvalue weighted by Crippen LogP contribution is -2.30. The van der Waals surface area contributed by atoms with Crippen molar-refractivity contribution in [1.82, 2.24) is 4.90 Å². The van der Waals surface area contributed by atoms with Crippen molar-refractivity contribution in [3.05, 3.63) is 35.9 Å². The molecule has 0 saturated carbocycles. The maximum absolute atomic E-state index is 12.0. The van der Waals surface area contributed by atoms with Gasteiger partial charge in [0.05, 0.1) is 12.0 Å². The number of carbonyl (C=O) groups is 1. The Labute approximate surface area is 114 Å². The molecule has 0 aromatic heterocycles. The average Bonchev–Trinajstić information content (AvgIpc) is 2.78. The maximum atomic E-state index is 12.0. The second-order valence-corrected chi connectivity index (χ2v) is 5.60. The summed E-state index contributed by atoms with van der Waals surface area (Å²) in [5, 5.41) is 9.31. The van der Waals surface area contributed by atoms with Gasteiger partial charge in [-0.2, -0.15) is 5.26 Å². The molecular formula is C16H20N2O. The highest BCUT2D eigenvalue weighted by Crippen LogP contribution is 2.27. The molecule has 1 saturated heterocycles. The molecule has 0 radical (unpaired) electrons. The number of nitriles is 1. The lowest BCUT2D eigenvalue weighted by molar-refractivity contribution is -0.127. The minimum absolute atomic E-state index is 0.190. The summed E-state index contributed by atoms with van der Waals surface area (Å²) in [6.45, 7) is 5.62. The lowest BCUT2D eigenvalue weighted by Gasteiger charge is -2.21. The largest absolute Gasteiger partial charge is 0.341 e. The molecule has 0 N–H and O–H groups in total. The Morgan fingerprint density at radius 1 is 1.37 bits per heavy atom. The fourth-order valence-electron chi connectivity index (χ4n) is 2.55. The zero-order valence-corrected chi connectivity index (χ0v) is 11.5. The van der Waals surface area contributed by atoms with Gasteiger partial charge in [0, 0.05) is 19.5 Å². The molecule has 2 unspecified atom stereocenters. The van der Waals surface area contributed by atoms with Crippen LogP contribution in [0.4, 0.5) is 0 Å². The molecule has 1 aliphatic heterocycles. The van der Waals surface area contributed by atoms with Crippen molar-refractivity contribution < 1.29 is 4.79 Å². The van der Waals surface area contributed by atoms with Crippen LogP contribution >= 0.6 is 0 Å². The molecule has 1 amide bonds. The van der Waals surface area contributed by atoms with E-state index >= 15 is 0 Å². The van der Waals surface area contributed by atoms with E-state index in [2.05, 4.69) is 19.9 Å². The van der Waals surface area contributed by atoms with Crippen molar-refractivity contribution >= 4 is 5.91 Å². The van der Waals surface area contributed by atoms with Crippen molar-refractivity contribution in [2.45, 2.75) is 26.2 Å². The van der Waals surface area contributed by atoms with Crippen LogP contribution in [0.1, 0.15) is 31.7 Å². The molecule has 0 aliphatic carbocycles. The highest BCUT2D eigenvalue weighted by atomic mass is 16.2. The molecule has 0 bridgehead atoms. The van der Waals surface area contributed by atoms with Gasteiger partial charge in [0.15, 0.2) is 0 Å². The molecule has 2 rings (SSSR count). The molecule has 1 aromatic carbocycles. The third-order valence-electron chi connectivity index (χ3n) is 3.95. The SMILES string of the molecule is CC(C)C1CC(=O)N(CC(C#N)c2ccccc2)C1. The van der Waals surface area contributed by atoms with Gasteiger partial charge in [-0.1, -0.05) is 44.2 Å². The monoisotopic (exact) mass is 256 g/mol. The van der Waals surface area contributed by atoms with Gasteiger partial charge in [-0.3, -0.25) is 4.79 Å². The lowest BCUT2D eigenvalue weighted by atomic mass is 9.95. The molecule has 1 fully saturated rings. The van der Waals surface area contributed by atoms with Gasteiger partial charge in [0.2, 0.25) is 5.91 Å². The van der Waals surface area contributed by atoms with Crippen molar-refractivity contribution in [3.63, 3.8) is 0 Å². The fourth-order valence-corrected chi connectivity index (χ4v) is 2.55. The number of hydrogen-bond acceptors (Lipinski definition) is 2. The second kappa shape index (κ2) is 5.88. The average molecular weight is 256 g/mol. The summed E-state index contributed by atoms with van der Waals surface area (Å²) < 4.78 is 0. The van der Waals surface area contributed by atoms with E-state index in [0.29, 0.717) is 24.8 Å². The molecule has 1 aliphatic rings. The van der Waals surface area contributed by atoms with Crippen LogP contribution in [0.25, 0.3) is 0 Å². The van der Waals surface area contributed by atoms with E-state index in [0.717, 1.165) is 12.1 Å². The summed E-state index contributed by atoms with van der Waals surface area (Å²) in [5.74, 6) is 0.916. The molecule has 100 valence electrons. The first-order valence-electron chi connectivity index (χ1n) is 6.84. The zero-order valence-electron chi connectivity index (χ0n) is 11.5. The molecular weight excluding hydrogens is 236 g/mol. The van der Waals surface area contributed by atoms with Crippen molar-refractivity contribution in [3.8, 4) is 6.07 Å². The summed E-state index contributed by atoms with van der Waals surface area (Å²) in [5.41, 5.74) is 0.991. The minimum Gasteiger partial charge on any atom is -0.341 e. The van der Waals surface area contributed by atoms with Crippen LogP contribution in [0.15, 0.2) is 30.3 Å². The number of hydrogen-bond donors (Lipinski definition) is 0. The Balaban J connectivity index is 2.04. The highest BCUT2D eigenvalue weighted by molar-refractivity contribution is 5.78. The standard InChI is InChI=1S/C16H20N2O/c1-12(2)14-8-16(19)18(10-14)11-15(9-17)13-6-4-3-5-7-13/h3-7,12,14-15H,8,10-11H2,1-2H3. The van der Waals surface area contributed by atoms with Crippen LogP contribution < -0.4 is 0 Å². The molecule has 3 heteroatoms. The van der Waals surface area contributed by atoms with Gasteiger partial charge in [-0.25, -0.2) is 0 Å². The molecule has 0 spiro atoms. The zero-order chi connectivity index (χ0) is 13.8. The Morgan fingerprint density at radius 2 is 2.05 bits per heavy atom. The molecule has 1 aromatic rings. The van der Waals surface area contributed by atoms with E-state index in [-0.39, 0.29) is 11.8 Å². The predicted molar refractivity (Wildman–Crippen MR) is 74.3 cm³/mol. The van der Waals surface area contributed by atoms with Gasteiger partial charge in [-0.15, -0.1) is 0 Å². The maximum Gasteiger partial charge on any atom is 0.222 e. The summed E-state index contributed by atoms with van der Waals surface area (Å²) >= 11 is 0. The Hall–Kier alpha value is -1.82. The third-order valence-corrected chi connectivity index (χ3v) is 3.95. The smallest absolute Gasteiger partial charge is 0.222 e. The Morgan fingerprint density at radius 3 is 2.58 bits per heavy atom. The quantitative estimate of drug-likeness (QED) is 0.831. The van der Waals surface area contributed by atoms with Crippen LogP contribution in [-0.2, 0) is 4.79 Å². The first-order chi connectivity index (χ1) is 9.11. The molecule has 1 heterocycles. The Kier molecular flexibility index (Phi) is 4.21. The van der Waals surface area contributed by atoms with Crippen LogP contribution in [0, 0.1) is 23.2 Å². The van der Waals surface area contributed by atoms with Crippen LogP contribution in [0.3, 0.4) is 0 Å². The molecule has 2 atom stereocenters. The Bertz CT molecular complexity index is 475. The van der Waals surface area contributed by atoms with Crippen molar-refractivity contribution in [2.75, 3.05) is 13.1 Å². The van der Waals surface area contributed by atoms with E-state index in [4.69, 9.17) is 0 Å². The predicted octanol–water partition coefficient (Wildman–Crippen LogP) is 2.80. The number of rotatable bonds is 4. The van der Waals surface area contributed by atoms with Gasteiger partial charge >= 0.3 is 0 Å². The first-order valence-corrected chi connectivity index (χ1v) is 6.84. The number of benzene rings is 1. The van der Waals surface area contributed by atoms with Gasteiger partial charge < -0.3 is 4.90 Å². The van der Waals surface area contributed by atoms with Crippen LogP contribution in [-0.4, -0.2) is 23.9 Å². The minimum atomic E-state index is -0.226. The highest BCUT2D eigenvalue weighted by Gasteiger charge is 2.32. The topological polar surface area (TPSA) is 44.1 Å². The van der Waals surface area contributed by atoms with Crippen LogP contribution in [0.2, 0.25) is 0 Å².